The Morgan fingerprint density at radius 2 is 1.91 bits per heavy atom. The first-order valence-electron chi connectivity index (χ1n) is 10.5. The van der Waals surface area contributed by atoms with Gasteiger partial charge in [-0.1, -0.05) is 23.7 Å². The molecule has 3 aliphatic heterocycles. The van der Waals surface area contributed by atoms with Crippen molar-refractivity contribution in [1.29, 1.82) is 0 Å². The Morgan fingerprint density at radius 3 is 2.58 bits per heavy atom. The van der Waals surface area contributed by atoms with E-state index in [-0.39, 0.29) is 13.0 Å². The quantitative estimate of drug-likeness (QED) is 0.563. The number of carbonyl (C=O) groups excluding carboxylic acids is 4. The summed E-state index contributed by atoms with van der Waals surface area (Å²) in [6.07, 6.45) is -0.172. The molecule has 0 aromatic heterocycles. The van der Waals surface area contributed by atoms with Crippen molar-refractivity contribution in [2.24, 2.45) is 17.6 Å². The second-order valence-corrected chi connectivity index (χ2v) is 9.30. The zero-order valence-corrected chi connectivity index (χ0v) is 18.4. The molecular formula is C23H21ClFN4O4+. The third-order valence-electron chi connectivity index (χ3n) is 6.92. The summed E-state index contributed by atoms with van der Waals surface area (Å²) in [5.41, 5.74) is 6.37. The minimum absolute atomic E-state index is 0.0621. The average molecular weight is 472 g/mol. The molecule has 5 N–H and O–H groups in total. The third kappa shape index (κ3) is 3.07. The first kappa shape index (κ1) is 21.5. The second kappa shape index (κ2) is 7.36. The van der Waals surface area contributed by atoms with Crippen molar-refractivity contribution in [1.82, 2.24) is 4.90 Å². The number of imide groups is 1. The SMILES string of the molecule is Cc1cc(Cl)cc2c1NC(=O)[C@@]21[NH2+][C@H](CC(N)=O)[C@H]2C(=O)N(Cc3ccc(F)cc3)C(=O)[C@H]21. The molecule has 2 saturated heterocycles. The van der Waals surface area contributed by atoms with E-state index in [9.17, 15) is 23.6 Å². The van der Waals surface area contributed by atoms with E-state index in [2.05, 4.69) is 5.32 Å². The zero-order chi connectivity index (χ0) is 23.7. The lowest BCUT2D eigenvalue weighted by molar-refractivity contribution is -0.732. The molecule has 3 aliphatic rings. The van der Waals surface area contributed by atoms with E-state index in [1.807, 2.05) is 0 Å². The summed E-state index contributed by atoms with van der Waals surface area (Å²) < 4.78 is 13.3. The lowest BCUT2D eigenvalue weighted by Gasteiger charge is -2.26. The first-order valence-corrected chi connectivity index (χ1v) is 10.9. The summed E-state index contributed by atoms with van der Waals surface area (Å²) in [5.74, 6) is -4.45. The number of quaternary nitrogens is 1. The number of primary amides is 1. The molecule has 2 aromatic rings. The molecule has 170 valence electrons. The van der Waals surface area contributed by atoms with E-state index in [1.54, 1.807) is 24.4 Å². The maximum atomic E-state index is 13.7. The summed E-state index contributed by atoms with van der Waals surface area (Å²) in [7, 11) is 0. The van der Waals surface area contributed by atoms with Gasteiger partial charge in [-0.15, -0.1) is 0 Å². The summed E-state index contributed by atoms with van der Waals surface area (Å²) in [6, 6.07) is 8.12. The van der Waals surface area contributed by atoms with E-state index in [0.29, 0.717) is 21.8 Å². The normalized spacial score (nSPS) is 27.8. The highest BCUT2D eigenvalue weighted by molar-refractivity contribution is 6.31. The van der Waals surface area contributed by atoms with E-state index in [0.717, 1.165) is 10.5 Å². The van der Waals surface area contributed by atoms with Crippen LogP contribution < -0.4 is 16.4 Å². The van der Waals surface area contributed by atoms with Crippen LogP contribution in [-0.4, -0.2) is 34.6 Å². The number of hydrogen-bond acceptors (Lipinski definition) is 4. The molecule has 0 aliphatic carbocycles. The van der Waals surface area contributed by atoms with Gasteiger partial charge < -0.3 is 16.4 Å². The molecule has 4 atom stereocenters. The average Bonchev–Trinajstić information content (AvgIpc) is 3.31. The summed E-state index contributed by atoms with van der Waals surface area (Å²) in [4.78, 5) is 53.4. The van der Waals surface area contributed by atoms with Gasteiger partial charge in [0, 0.05) is 10.6 Å². The van der Waals surface area contributed by atoms with Crippen molar-refractivity contribution in [3.8, 4) is 0 Å². The van der Waals surface area contributed by atoms with Crippen molar-refractivity contribution in [3.05, 3.63) is 63.9 Å². The fraction of sp³-hybridized carbons (Fsp3) is 0.304. The van der Waals surface area contributed by atoms with Crippen molar-refractivity contribution in [2.45, 2.75) is 31.5 Å². The van der Waals surface area contributed by atoms with E-state index < -0.39 is 52.9 Å². The van der Waals surface area contributed by atoms with Crippen LogP contribution in [-0.2, 0) is 31.3 Å². The molecule has 5 rings (SSSR count). The van der Waals surface area contributed by atoms with Gasteiger partial charge in [0.15, 0.2) is 0 Å². The van der Waals surface area contributed by atoms with Crippen LogP contribution in [0.2, 0.25) is 5.02 Å². The van der Waals surface area contributed by atoms with Crippen LogP contribution in [0.5, 0.6) is 0 Å². The van der Waals surface area contributed by atoms with Crippen molar-refractivity contribution < 1.29 is 28.9 Å². The number of nitrogens with two attached hydrogens (primary N) is 2. The number of fused-ring (bicyclic) bond motifs is 4. The summed E-state index contributed by atoms with van der Waals surface area (Å²) >= 11 is 6.30. The van der Waals surface area contributed by atoms with Crippen LogP contribution in [0.3, 0.4) is 0 Å². The fourth-order valence-corrected chi connectivity index (χ4v) is 5.87. The van der Waals surface area contributed by atoms with Gasteiger partial charge >= 0.3 is 0 Å². The molecule has 0 unspecified atom stereocenters. The van der Waals surface area contributed by atoms with Gasteiger partial charge in [-0.3, -0.25) is 24.1 Å². The van der Waals surface area contributed by atoms with Crippen molar-refractivity contribution in [3.63, 3.8) is 0 Å². The second-order valence-electron chi connectivity index (χ2n) is 8.86. The van der Waals surface area contributed by atoms with Crippen LogP contribution in [0.1, 0.15) is 23.1 Å². The van der Waals surface area contributed by atoms with Crippen molar-refractivity contribution >= 4 is 40.9 Å². The molecule has 33 heavy (non-hydrogen) atoms. The molecule has 10 heteroatoms. The Morgan fingerprint density at radius 1 is 1.21 bits per heavy atom. The van der Waals surface area contributed by atoms with Gasteiger partial charge in [-0.25, -0.2) is 4.39 Å². The summed E-state index contributed by atoms with van der Waals surface area (Å²) in [6.45, 7) is 1.73. The number of halogens is 2. The van der Waals surface area contributed by atoms with Crippen LogP contribution in [0.4, 0.5) is 10.1 Å². The Balaban J connectivity index is 1.62. The topological polar surface area (TPSA) is 126 Å². The molecule has 2 fully saturated rings. The molecular weight excluding hydrogens is 451 g/mol. The molecule has 0 bridgehead atoms. The number of benzene rings is 2. The zero-order valence-electron chi connectivity index (χ0n) is 17.6. The summed E-state index contributed by atoms with van der Waals surface area (Å²) in [5, 5.41) is 4.88. The Kier molecular flexibility index (Phi) is 4.80. The Hall–Kier alpha value is -3.30. The number of nitrogens with zero attached hydrogens (tertiary/aromatic N) is 1. The Labute approximate surface area is 193 Å². The highest BCUT2D eigenvalue weighted by Gasteiger charge is 2.74. The van der Waals surface area contributed by atoms with Gasteiger partial charge in [0.05, 0.1) is 18.7 Å². The fourth-order valence-electron chi connectivity index (χ4n) is 5.60. The molecule has 8 nitrogen and oxygen atoms in total. The molecule has 1 spiro atoms. The molecule has 2 aromatic carbocycles. The molecule has 0 radical (unpaired) electrons. The van der Waals surface area contributed by atoms with E-state index in [4.69, 9.17) is 17.3 Å². The number of carbonyl (C=O) groups is 4. The van der Waals surface area contributed by atoms with Crippen molar-refractivity contribution in [2.75, 3.05) is 5.32 Å². The van der Waals surface area contributed by atoms with Gasteiger partial charge in [0.25, 0.3) is 5.91 Å². The lowest BCUT2D eigenvalue weighted by atomic mass is 9.76. The van der Waals surface area contributed by atoms with E-state index in [1.165, 1.54) is 24.3 Å². The monoisotopic (exact) mass is 471 g/mol. The Bertz CT molecular complexity index is 1230. The number of aryl methyl sites for hydroxylation is 1. The minimum Gasteiger partial charge on any atom is -0.369 e. The number of anilines is 1. The number of nitrogens with one attached hydrogen (secondary N) is 1. The largest absolute Gasteiger partial charge is 0.369 e. The highest BCUT2D eigenvalue weighted by atomic mass is 35.5. The van der Waals surface area contributed by atoms with Crippen LogP contribution >= 0.6 is 11.6 Å². The van der Waals surface area contributed by atoms with E-state index >= 15 is 0 Å². The number of likely N-dealkylation sites (tertiary alicyclic amines) is 1. The predicted molar refractivity (Wildman–Crippen MR) is 115 cm³/mol. The maximum Gasteiger partial charge on any atom is 0.291 e. The third-order valence-corrected chi connectivity index (χ3v) is 7.14. The van der Waals surface area contributed by atoms with Gasteiger partial charge in [0.2, 0.25) is 23.3 Å². The van der Waals surface area contributed by atoms with Crippen LogP contribution in [0, 0.1) is 24.6 Å². The molecule has 3 heterocycles. The van der Waals surface area contributed by atoms with Gasteiger partial charge in [-0.05, 0) is 42.3 Å². The number of hydrogen-bond donors (Lipinski definition) is 3. The highest BCUT2D eigenvalue weighted by Crippen LogP contribution is 2.51. The molecule has 0 saturated carbocycles. The predicted octanol–water partition coefficient (Wildman–Crippen LogP) is 0.557. The smallest absolute Gasteiger partial charge is 0.291 e. The minimum atomic E-state index is -1.44. The number of amides is 4. The standard InChI is InChI=1S/C23H20ClFN4O4/c1-10-6-12(24)7-14-19(10)27-22(33)23(14)18-17(15(28-23)8-16(26)30)20(31)29(21(18)32)9-11-2-4-13(25)5-3-11/h2-7,15,17-18,28H,8-9H2,1H3,(H2,26,30)(H,27,33)/p+1/t15-,17-,18+,23-/m1/s1. The number of rotatable bonds is 4. The van der Waals surface area contributed by atoms with Gasteiger partial charge in [-0.2, -0.15) is 0 Å². The lowest BCUT2D eigenvalue weighted by Crippen LogP contribution is -2.99. The van der Waals surface area contributed by atoms with Crippen LogP contribution in [0.25, 0.3) is 0 Å². The van der Waals surface area contributed by atoms with Crippen LogP contribution in [0.15, 0.2) is 36.4 Å². The maximum absolute atomic E-state index is 13.7. The van der Waals surface area contributed by atoms with Gasteiger partial charge in [0.1, 0.15) is 23.7 Å². The first-order chi connectivity index (χ1) is 15.6. The molecule has 4 amide bonds.